The second-order valence-electron chi connectivity index (χ2n) is 5.97. The SMILES string of the molecule is CCCc1cc(C(=O)NCCC2CCCCC2)cc(Cl)n1. The van der Waals surface area contributed by atoms with Crippen molar-refractivity contribution in [1.29, 1.82) is 0 Å². The molecule has 0 unspecified atom stereocenters. The minimum Gasteiger partial charge on any atom is -0.352 e. The van der Waals surface area contributed by atoms with E-state index in [-0.39, 0.29) is 5.91 Å². The highest BCUT2D eigenvalue weighted by Crippen LogP contribution is 2.25. The van der Waals surface area contributed by atoms with Gasteiger partial charge < -0.3 is 5.32 Å². The maximum Gasteiger partial charge on any atom is 0.251 e. The van der Waals surface area contributed by atoms with Crippen molar-refractivity contribution in [2.24, 2.45) is 5.92 Å². The smallest absolute Gasteiger partial charge is 0.251 e. The highest BCUT2D eigenvalue weighted by molar-refractivity contribution is 6.29. The van der Waals surface area contributed by atoms with Gasteiger partial charge in [0.25, 0.3) is 5.91 Å². The average molecular weight is 309 g/mol. The summed E-state index contributed by atoms with van der Waals surface area (Å²) in [7, 11) is 0. The molecule has 0 aliphatic heterocycles. The van der Waals surface area contributed by atoms with Crippen LogP contribution in [0.1, 0.15) is 67.9 Å². The van der Waals surface area contributed by atoms with Gasteiger partial charge >= 0.3 is 0 Å². The summed E-state index contributed by atoms with van der Waals surface area (Å²) in [6.07, 6.45) is 9.64. The maximum atomic E-state index is 12.2. The Morgan fingerprint density at radius 3 is 2.81 bits per heavy atom. The van der Waals surface area contributed by atoms with E-state index in [1.54, 1.807) is 6.07 Å². The minimum atomic E-state index is -0.0348. The molecule has 1 heterocycles. The molecule has 0 atom stereocenters. The average Bonchev–Trinajstić information content (AvgIpc) is 2.48. The number of halogens is 1. The first kappa shape index (κ1) is 16.3. The van der Waals surface area contributed by atoms with E-state index < -0.39 is 0 Å². The van der Waals surface area contributed by atoms with Gasteiger partial charge in [-0.05, 0) is 30.9 Å². The summed E-state index contributed by atoms with van der Waals surface area (Å²) in [5.41, 5.74) is 1.52. The molecule has 4 heteroatoms. The zero-order valence-electron chi connectivity index (χ0n) is 12.8. The topological polar surface area (TPSA) is 42.0 Å². The van der Waals surface area contributed by atoms with Gasteiger partial charge in [0.2, 0.25) is 0 Å². The molecule has 1 amide bonds. The van der Waals surface area contributed by atoms with Crippen LogP contribution in [0.4, 0.5) is 0 Å². The van der Waals surface area contributed by atoms with E-state index in [9.17, 15) is 4.79 Å². The van der Waals surface area contributed by atoms with Crippen LogP contribution in [0.25, 0.3) is 0 Å². The van der Waals surface area contributed by atoms with Gasteiger partial charge in [-0.1, -0.05) is 57.0 Å². The predicted octanol–water partition coefficient (Wildman–Crippen LogP) is 4.39. The molecule has 0 spiro atoms. The number of amides is 1. The Balaban J connectivity index is 1.84. The molecule has 116 valence electrons. The Morgan fingerprint density at radius 2 is 2.10 bits per heavy atom. The Kier molecular flexibility index (Phi) is 6.50. The van der Waals surface area contributed by atoms with Crippen LogP contribution in [0, 0.1) is 5.92 Å². The summed E-state index contributed by atoms with van der Waals surface area (Å²) in [5, 5.41) is 3.42. The number of carbonyl (C=O) groups excluding carboxylic acids is 1. The number of aromatic nitrogens is 1. The fourth-order valence-corrected chi connectivity index (χ4v) is 3.26. The second kappa shape index (κ2) is 8.38. The van der Waals surface area contributed by atoms with Crippen LogP contribution in [0.5, 0.6) is 0 Å². The molecule has 2 rings (SSSR count). The lowest BCUT2D eigenvalue weighted by Gasteiger charge is -2.21. The molecule has 1 aliphatic carbocycles. The lowest BCUT2D eigenvalue weighted by molar-refractivity contribution is 0.0950. The molecule has 0 saturated heterocycles. The number of aryl methyl sites for hydroxylation is 1. The summed E-state index contributed by atoms with van der Waals surface area (Å²) >= 11 is 5.99. The van der Waals surface area contributed by atoms with Crippen molar-refractivity contribution in [3.8, 4) is 0 Å². The first-order valence-electron chi connectivity index (χ1n) is 8.13. The summed E-state index contributed by atoms with van der Waals surface area (Å²) < 4.78 is 0. The normalized spacial score (nSPS) is 15.9. The van der Waals surface area contributed by atoms with Gasteiger partial charge in [-0.25, -0.2) is 4.98 Å². The van der Waals surface area contributed by atoms with Crippen molar-refractivity contribution in [2.75, 3.05) is 6.54 Å². The van der Waals surface area contributed by atoms with E-state index in [0.717, 1.165) is 37.4 Å². The number of nitrogens with zero attached hydrogens (tertiary/aromatic N) is 1. The van der Waals surface area contributed by atoms with Crippen molar-refractivity contribution in [2.45, 2.75) is 58.3 Å². The lowest BCUT2D eigenvalue weighted by atomic mass is 9.87. The van der Waals surface area contributed by atoms with E-state index >= 15 is 0 Å². The van der Waals surface area contributed by atoms with E-state index in [1.807, 2.05) is 6.07 Å². The van der Waals surface area contributed by atoms with E-state index in [0.29, 0.717) is 10.7 Å². The summed E-state index contributed by atoms with van der Waals surface area (Å²) in [5.74, 6) is 0.753. The lowest BCUT2D eigenvalue weighted by Crippen LogP contribution is -2.26. The van der Waals surface area contributed by atoms with Crippen molar-refractivity contribution in [3.63, 3.8) is 0 Å². The Morgan fingerprint density at radius 1 is 1.33 bits per heavy atom. The monoisotopic (exact) mass is 308 g/mol. The Hall–Kier alpha value is -1.09. The summed E-state index contributed by atoms with van der Waals surface area (Å²) in [6.45, 7) is 2.85. The van der Waals surface area contributed by atoms with Gasteiger partial charge in [-0.2, -0.15) is 0 Å². The van der Waals surface area contributed by atoms with E-state index in [2.05, 4.69) is 17.2 Å². The molecule has 1 aromatic heterocycles. The van der Waals surface area contributed by atoms with Crippen molar-refractivity contribution < 1.29 is 4.79 Å². The van der Waals surface area contributed by atoms with Crippen LogP contribution in [0.2, 0.25) is 5.15 Å². The highest BCUT2D eigenvalue weighted by Gasteiger charge is 2.14. The molecule has 3 nitrogen and oxygen atoms in total. The van der Waals surface area contributed by atoms with Crippen LogP contribution in [-0.4, -0.2) is 17.4 Å². The van der Waals surface area contributed by atoms with E-state index in [4.69, 9.17) is 11.6 Å². The van der Waals surface area contributed by atoms with Crippen molar-refractivity contribution in [1.82, 2.24) is 10.3 Å². The van der Waals surface area contributed by atoms with Gasteiger partial charge in [0.15, 0.2) is 0 Å². The quantitative estimate of drug-likeness (QED) is 0.792. The van der Waals surface area contributed by atoms with Crippen LogP contribution >= 0.6 is 11.6 Å². The van der Waals surface area contributed by atoms with Crippen LogP contribution in [0.3, 0.4) is 0 Å². The number of rotatable bonds is 6. The van der Waals surface area contributed by atoms with Crippen molar-refractivity contribution >= 4 is 17.5 Å². The van der Waals surface area contributed by atoms with Gasteiger partial charge in [0.05, 0.1) is 0 Å². The fraction of sp³-hybridized carbons (Fsp3) is 0.647. The molecular weight excluding hydrogens is 284 g/mol. The first-order valence-corrected chi connectivity index (χ1v) is 8.51. The molecular formula is C17H25ClN2O. The van der Waals surface area contributed by atoms with Gasteiger partial charge in [-0.3, -0.25) is 4.79 Å². The van der Waals surface area contributed by atoms with Gasteiger partial charge in [0.1, 0.15) is 5.15 Å². The largest absolute Gasteiger partial charge is 0.352 e. The molecule has 1 N–H and O–H groups in total. The molecule has 0 aromatic carbocycles. The number of hydrogen-bond donors (Lipinski definition) is 1. The zero-order chi connectivity index (χ0) is 15.1. The molecule has 0 bridgehead atoms. The molecule has 1 fully saturated rings. The van der Waals surface area contributed by atoms with Crippen LogP contribution in [0.15, 0.2) is 12.1 Å². The second-order valence-corrected chi connectivity index (χ2v) is 6.36. The van der Waals surface area contributed by atoms with Crippen molar-refractivity contribution in [3.05, 3.63) is 28.5 Å². The minimum absolute atomic E-state index is 0.0348. The number of pyridine rings is 1. The molecule has 1 aromatic rings. The Bertz CT molecular complexity index is 470. The summed E-state index contributed by atoms with van der Waals surface area (Å²) in [6, 6.07) is 3.50. The third-order valence-electron chi connectivity index (χ3n) is 4.18. The maximum absolute atomic E-state index is 12.2. The number of carbonyl (C=O) groups is 1. The third-order valence-corrected chi connectivity index (χ3v) is 4.37. The molecule has 21 heavy (non-hydrogen) atoms. The third kappa shape index (κ3) is 5.31. The predicted molar refractivity (Wildman–Crippen MR) is 86.8 cm³/mol. The zero-order valence-corrected chi connectivity index (χ0v) is 13.6. The molecule has 0 radical (unpaired) electrons. The number of nitrogens with one attached hydrogen (secondary N) is 1. The first-order chi connectivity index (χ1) is 10.2. The van der Waals surface area contributed by atoms with Gasteiger partial charge in [-0.15, -0.1) is 0 Å². The Labute approximate surface area is 132 Å². The molecule has 1 saturated carbocycles. The number of hydrogen-bond acceptors (Lipinski definition) is 2. The fourth-order valence-electron chi connectivity index (χ4n) is 3.03. The van der Waals surface area contributed by atoms with Gasteiger partial charge in [0, 0.05) is 17.8 Å². The standard InChI is InChI=1S/C17H25ClN2O/c1-2-6-15-11-14(12-16(18)20-15)17(21)19-10-9-13-7-4-3-5-8-13/h11-13H,2-10H2,1H3,(H,19,21). The highest BCUT2D eigenvalue weighted by atomic mass is 35.5. The summed E-state index contributed by atoms with van der Waals surface area (Å²) in [4.78, 5) is 16.4. The van der Waals surface area contributed by atoms with Crippen LogP contribution in [-0.2, 0) is 6.42 Å². The van der Waals surface area contributed by atoms with E-state index in [1.165, 1.54) is 32.1 Å². The molecule has 1 aliphatic rings. The van der Waals surface area contributed by atoms with Crippen LogP contribution < -0.4 is 5.32 Å².